The molecule has 1 heterocycles. The lowest BCUT2D eigenvalue weighted by Crippen LogP contribution is -2.36. The number of nitrogens with zero attached hydrogens (tertiary/aromatic N) is 1. The molecule has 1 saturated heterocycles. The summed E-state index contributed by atoms with van der Waals surface area (Å²) in [5, 5.41) is 8.51. The monoisotopic (exact) mass is 236 g/mol. The zero-order valence-electron chi connectivity index (χ0n) is 8.42. The van der Waals surface area contributed by atoms with Crippen molar-refractivity contribution in [1.29, 1.82) is 0 Å². The second-order valence-corrected chi connectivity index (χ2v) is 5.74. The summed E-state index contributed by atoms with van der Waals surface area (Å²) in [7, 11) is -3.30. The molecular weight excluding hydrogens is 220 g/mol. The van der Waals surface area contributed by atoms with Crippen LogP contribution in [0.3, 0.4) is 0 Å². The van der Waals surface area contributed by atoms with Gasteiger partial charge in [0, 0.05) is 13.1 Å². The Kier molecular flexibility index (Phi) is 4.06. The summed E-state index contributed by atoms with van der Waals surface area (Å²) >= 11 is 0. The molecule has 0 bridgehead atoms. The molecule has 6 nitrogen and oxygen atoms in total. The van der Waals surface area contributed by atoms with Crippen LogP contribution in [0.15, 0.2) is 0 Å². The Morgan fingerprint density at radius 3 is 2.40 bits per heavy atom. The van der Waals surface area contributed by atoms with Gasteiger partial charge in [0.15, 0.2) is 0 Å². The van der Waals surface area contributed by atoms with E-state index in [4.69, 9.17) is 10.8 Å². The summed E-state index contributed by atoms with van der Waals surface area (Å²) in [6.07, 6.45) is 1.72. The van der Waals surface area contributed by atoms with E-state index in [1.807, 2.05) is 0 Å². The number of carboxylic acid groups (broad SMARTS) is 1. The molecule has 0 aromatic rings. The van der Waals surface area contributed by atoms with E-state index in [2.05, 4.69) is 0 Å². The van der Waals surface area contributed by atoms with Crippen molar-refractivity contribution in [2.24, 2.45) is 5.73 Å². The SMILES string of the molecule is NC(CCS(=O)(=O)N1CCCC1)C(=O)O. The number of hydrogen-bond acceptors (Lipinski definition) is 4. The van der Waals surface area contributed by atoms with E-state index in [9.17, 15) is 13.2 Å². The van der Waals surface area contributed by atoms with Crippen molar-refractivity contribution in [3.05, 3.63) is 0 Å². The highest BCUT2D eigenvalue weighted by Gasteiger charge is 2.26. The largest absolute Gasteiger partial charge is 0.480 e. The van der Waals surface area contributed by atoms with Crippen LogP contribution < -0.4 is 5.73 Å². The van der Waals surface area contributed by atoms with Gasteiger partial charge in [-0.2, -0.15) is 0 Å². The van der Waals surface area contributed by atoms with Crippen LogP contribution in [0.1, 0.15) is 19.3 Å². The van der Waals surface area contributed by atoms with Gasteiger partial charge in [-0.05, 0) is 19.3 Å². The first kappa shape index (κ1) is 12.4. The fourth-order valence-corrected chi connectivity index (χ4v) is 3.12. The molecule has 1 fully saturated rings. The third kappa shape index (κ3) is 3.44. The average Bonchev–Trinajstić information content (AvgIpc) is 2.67. The Labute approximate surface area is 89.1 Å². The van der Waals surface area contributed by atoms with Crippen molar-refractivity contribution < 1.29 is 18.3 Å². The summed E-state index contributed by atoms with van der Waals surface area (Å²) in [6, 6.07) is -1.10. The third-order valence-electron chi connectivity index (χ3n) is 2.46. The number of nitrogens with two attached hydrogens (primary N) is 1. The average molecular weight is 236 g/mol. The number of carboxylic acids is 1. The van der Waals surface area contributed by atoms with E-state index in [1.165, 1.54) is 4.31 Å². The molecule has 0 saturated carbocycles. The van der Waals surface area contributed by atoms with Gasteiger partial charge in [-0.3, -0.25) is 4.79 Å². The number of carbonyl (C=O) groups is 1. The smallest absolute Gasteiger partial charge is 0.320 e. The Morgan fingerprint density at radius 2 is 1.93 bits per heavy atom. The molecule has 0 aromatic heterocycles. The number of rotatable bonds is 5. The number of sulfonamides is 1. The van der Waals surface area contributed by atoms with Gasteiger partial charge in [0.2, 0.25) is 10.0 Å². The Bertz CT molecular complexity index is 322. The highest BCUT2D eigenvalue weighted by atomic mass is 32.2. The molecule has 1 unspecified atom stereocenters. The van der Waals surface area contributed by atoms with E-state index in [1.54, 1.807) is 0 Å². The van der Waals surface area contributed by atoms with Crippen molar-refractivity contribution >= 4 is 16.0 Å². The number of aliphatic carboxylic acids is 1. The van der Waals surface area contributed by atoms with Crippen LogP contribution in [0, 0.1) is 0 Å². The molecule has 15 heavy (non-hydrogen) atoms. The van der Waals surface area contributed by atoms with Gasteiger partial charge in [0.05, 0.1) is 5.75 Å². The van der Waals surface area contributed by atoms with Crippen LogP contribution in [0.2, 0.25) is 0 Å². The van der Waals surface area contributed by atoms with Gasteiger partial charge >= 0.3 is 5.97 Å². The van der Waals surface area contributed by atoms with Crippen LogP contribution in [0.4, 0.5) is 0 Å². The fraction of sp³-hybridized carbons (Fsp3) is 0.875. The third-order valence-corrected chi connectivity index (χ3v) is 4.37. The van der Waals surface area contributed by atoms with Crippen LogP contribution in [0.25, 0.3) is 0 Å². The highest BCUT2D eigenvalue weighted by molar-refractivity contribution is 7.89. The lowest BCUT2D eigenvalue weighted by atomic mass is 10.2. The van der Waals surface area contributed by atoms with E-state index >= 15 is 0 Å². The summed E-state index contributed by atoms with van der Waals surface area (Å²) in [6.45, 7) is 1.09. The lowest BCUT2D eigenvalue weighted by Gasteiger charge is -2.15. The second kappa shape index (κ2) is 4.91. The van der Waals surface area contributed by atoms with E-state index in [-0.39, 0.29) is 12.2 Å². The van der Waals surface area contributed by atoms with E-state index in [0.29, 0.717) is 13.1 Å². The molecule has 0 spiro atoms. The summed E-state index contributed by atoms with van der Waals surface area (Å²) in [5.74, 6) is -1.34. The highest BCUT2D eigenvalue weighted by Crippen LogP contribution is 2.13. The van der Waals surface area contributed by atoms with Crippen molar-refractivity contribution in [3.8, 4) is 0 Å². The topological polar surface area (TPSA) is 101 Å². The van der Waals surface area contributed by atoms with Gasteiger partial charge in [0.25, 0.3) is 0 Å². The molecule has 0 radical (unpaired) electrons. The van der Waals surface area contributed by atoms with Gasteiger partial charge in [-0.15, -0.1) is 0 Å². The molecule has 1 aliphatic heterocycles. The quantitative estimate of drug-likeness (QED) is 0.651. The predicted octanol–water partition coefficient (Wildman–Crippen LogP) is -0.786. The normalized spacial score (nSPS) is 20.3. The zero-order valence-corrected chi connectivity index (χ0v) is 9.24. The first-order chi connectivity index (χ1) is 6.93. The maximum Gasteiger partial charge on any atom is 0.320 e. The Hall–Kier alpha value is -0.660. The van der Waals surface area contributed by atoms with Gasteiger partial charge in [0.1, 0.15) is 6.04 Å². The molecular formula is C8H16N2O4S. The van der Waals surface area contributed by atoms with Crippen LogP contribution in [0.5, 0.6) is 0 Å². The molecule has 7 heteroatoms. The summed E-state index contributed by atoms with van der Waals surface area (Å²) < 4.78 is 24.7. The molecule has 3 N–H and O–H groups in total. The molecule has 88 valence electrons. The minimum absolute atomic E-state index is 0.0336. The predicted molar refractivity (Wildman–Crippen MR) is 54.8 cm³/mol. The first-order valence-corrected chi connectivity index (χ1v) is 6.50. The van der Waals surface area contributed by atoms with Crippen molar-refractivity contribution in [2.45, 2.75) is 25.3 Å². The van der Waals surface area contributed by atoms with Gasteiger partial charge in [-0.1, -0.05) is 0 Å². The lowest BCUT2D eigenvalue weighted by molar-refractivity contribution is -0.138. The van der Waals surface area contributed by atoms with E-state index < -0.39 is 22.0 Å². The second-order valence-electron chi connectivity index (χ2n) is 3.66. The molecule has 0 aliphatic carbocycles. The fourth-order valence-electron chi connectivity index (χ4n) is 1.49. The van der Waals surface area contributed by atoms with E-state index in [0.717, 1.165) is 12.8 Å². The summed E-state index contributed by atoms with van der Waals surface area (Å²) in [5.41, 5.74) is 5.24. The molecule has 1 aliphatic rings. The molecule has 0 amide bonds. The standard InChI is InChI=1S/C8H16N2O4S/c9-7(8(11)12)3-6-15(13,14)10-4-1-2-5-10/h7H,1-6,9H2,(H,11,12). The van der Waals surface area contributed by atoms with Crippen molar-refractivity contribution in [3.63, 3.8) is 0 Å². The molecule has 0 aromatic carbocycles. The molecule has 1 rings (SSSR count). The van der Waals surface area contributed by atoms with Crippen LogP contribution in [-0.2, 0) is 14.8 Å². The minimum Gasteiger partial charge on any atom is -0.480 e. The van der Waals surface area contributed by atoms with Gasteiger partial charge in [-0.25, -0.2) is 12.7 Å². The maximum atomic E-state index is 11.6. The van der Waals surface area contributed by atoms with Gasteiger partial charge < -0.3 is 10.8 Å². The van der Waals surface area contributed by atoms with Crippen molar-refractivity contribution in [2.75, 3.05) is 18.8 Å². The van der Waals surface area contributed by atoms with Crippen molar-refractivity contribution in [1.82, 2.24) is 4.31 Å². The zero-order chi connectivity index (χ0) is 11.5. The summed E-state index contributed by atoms with van der Waals surface area (Å²) in [4.78, 5) is 10.4. The van der Waals surface area contributed by atoms with Crippen LogP contribution in [-0.4, -0.2) is 48.7 Å². The van der Waals surface area contributed by atoms with Crippen LogP contribution >= 0.6 is 0 Å². The maximum absolute atomic E-state index is 11.6. The molecule has 1 atom stereocenters. The first-order valence-electron chi connectivity index (χ1n) is 4.90. The Morgan fingerprint density at radius 1 is 1.40 bits per heavy atom. The number of hydrogen-bond donors (Lipinski definition) is 2. The minimum atomic E-state index is -3.30. The Balaban J connectivity index is 2.46.